The van der Waals surface area contributed by atoms with Gasteiger partial charge in [0.05, 0.1) is 5.69 Å². The fraction of sp³-hybridized carbons (Fsp3) is 0.778. The number of aromatic nitrogens is 1. The summed E-state index contributed by atoms with van der Waals surface area (Å²) in [5, 5.41) is 6.73. The van der Waals surface area contributed by atoms with Gasteiger partial charge in [0, 0.05) is 37.5 Å². The molecular weight excluding hydrogens is 320 g/mol. The van der Waals surface area contributed by atoms with E-state index in [0.717, 1.165) is 74.8 Å². The molecule has 3 fully saturated rings. The number of nitrogens with one attached hydrogen (secondary N) is 1. The van der Waals surface area contributed by atoms with Crippen LogP contribution in [0.2, 0.25) is 0 Å². The number of nitrogens with zero attached hydrogens (tertiary/aromatic N) is 3. The van der Waals surface area contributed by atoms with E-state index in [1.54, 1.807) is 11.3 Å². The van der Waals surface area contributed by atoms with Gasteiger partial charge < -0.3 is 15.1 Å². The lowest BCUT2D eigenvalue weighted by Gasteiger charge is -2.34. The molecule has 0 saturated carbocycles. The van der Waals surface area contributed by atoms with Gasteiger partial charge in [-0.25, -0.2) is 4.98 Å². The molecule has 1 aromatic heterocycles. The van der Waals surface area contributed by atoms with Gasteiger partial charge in [-0.3, -0.25) is 4.79 Å². The molecule has 0 aromatic carbocycles. The average Bonchev–Trinajstić information content (AvgIpc) is 3.19. The van der Waals surface area contributed by atoms with Crippen molar-refractivity contribution >= 4 is 22.4 Å². The highest BCUT2D eigenvalue weighted by molar-refractivity contribution is 7.13. The Morgan fingerprint density at radius 1 is 1.12 bits per heavy atom. The third kappa shape index (κ3) is 3.31. The van der Waals surface area contributed by atoms with Crippen molar-refractivity contribution < 1.29 is 4.79 Å². The van der Waals surface area contributed by atoms with Crippen molar-refractivity contribution in [3.8, 4) is 0 Å². The van der Waals surface area contributed by atoms with Crippen molar-refractivity contribution in [1.29, 1.82) is 0 Å². The quantitative estimate of drug-likeness (QED) is 0.889. The zero-order chi connectivity index (χ0) is 16.5. The molecule has 1 aromatic rings. The zero-order valence-corrected chi connectivity index (χ0v) is 15.4. The SMILES string of the molecule is Cc1csc(N2CCC(C(=O)N3CC[C@@H]4CNC[C@@H]4CC3)CC2)n1. The van der Waals surface area contributed by atoms with Gasteiger partial charge in [0.25, 0.3) is 0 Å². The Morgan fingerprint density at radius 2 is 1.79 bits per heavy atom. The summed E-state index contributed by atoms with van der Waals surface area (Å²) in [4.78, 5) is 22.1. The van der Waals surface area contributed by atoms with Crippen LogP contribution < -0.4 is 10.2 Å². The van der Waals surface area contributed by atoms with Crippen LogP contribution in [0, 0.1) is 24.7 Å². The number of hydrogen-bond donors (Lipinski definition) is 1. The largest absolute Gasteiger partial charge is 0.348 e. The van der Waals surface area contributed by atoms with Crippen LogP contribution in [-0.4, -0.2) is 55.1 Å². The Kier molecular flexibility index (Phi) is 4.77. The van der Waals surface area contributed by atoms with Crippen LogP contribution in [0.15, 0.2) is 5.38 Å². The number of amides is 1. The molecule has 3 aliphatic rings. The molecule has 0 bridgehead atoms. The number of aryl methyl sites for hydroxylation is 1. The van der Waals surface area contributed by atoms with Gasteiger partial charge in [0.2, 0.25) is 5.91 Å². The van der Waals surface area contributed by atoms with E-state index in [2.05, 4.69) is 25.5 Å². The van der Waals surface area contributed by atoms with Crippen molar-refractivity contribution in [1.82, 2.24) is 15.2 Å². The molecule has 5 nitrogen and oxygen atoms in total. The zero-order valence-electron chi connectivity index (χ0n) is 14.5. The fourth-order valence-electron chi connectivity index (χ4n) is 4.50. The van der Waals surface area contributed by atoms with Crippen molar-refractivity contribution in [2.24, 2.45) is 17.8 Å². The maximum Gasteiger partial charge on any atom is 0.225 e. The van der Waals surface area contributed by atoms with Crippen molar-refractivity contribution in [2.45, 2.75) is 32.6 Å². The molecule has 4 heterocycles. The summed E-state index contributed by atoms with van der Waals surface area (Å²) < 4.78 is 0. The van der Waals surface area contributed by atoms with E-state index in [9.17, 15) is 4.79 Å². The number of piperidine rings is 1. The summed E-state index contributed by atoms with van der Waals surface area (Å²) in [6.07, 6.45) is 4.31. The minimum atomic E-state index is 0.221. The Bertz CT molecular complexity index is 567. The number of anilines is 1. The van der Waals surface area contributed by atoms with Crippen LogP contribution >= 0.6 is 11.3 Å². The van der Waals surface area contributed by atoms with Gasteiger partial charge in [-0.05, 0) is 57.5 Å². The molecule has 1 N–H and O–H groups in total. The smallest absolute Gasteiger partial charge is 0.225 e. The standard InChI is InChI=1S/C18H28N4OS/c1-13-12-24-18(20-13)22-8-2-14(3-9-22)17(23)21-6-4-15-10-19-11-16(15)5-7-21/h12,14-16,19H,2-11H2,1H3/t15-,16+. The second-order valence-electron chi connectivity index (χ2n) is 7.61. The van der Waals surface area contributed by atoms with Crippen molar-refractivity contribution in [3.05, 3.63) is 11.1 Å². The Hall–Kier alpha value is -1.14. The van der Waals surface area contributed by atoms with Crippen LogP contribution in [-0.2, 0) is 4.79 Å². The molecule has 4 rings (SSSR count). The lowest BCUT2D eigenvalue weighted by molar-refractivity contribution is -0.136. The van der Waals surface area contributed by atoms with Crippen molar-refractivity contribution in [3.63, 3.8) is 0 Å². The van der Waals surface area contributed by atoms with Gasteiger partial charge in [0.1, 0.15) is 0 Å². The number of carbonyl (C=O) groups excluding carboxylic acids is 1. The van der Waals surface area contributed by atoms with Crippen molar-refractivity contribution in [2.75, 3.05) is 44.2 Å². The van der Waals surface area contributed by atoms with Crippen LogP contribution in [0.4, 0.5) is 5.13 Å². The van der Waals surface area contributed by atoms with Gasteiger partial charge in [0.15, 0.2) is 5.13 Å². The first-order valence-electron chi connectivity index (χ1n) is 9.37. The second-order valence-corrected chi connectivity index (χ2v) is 8.45. The summed E-state index contributed by atoms with van der Waals surface area (Å²) >= 11 is 1.72. The van der Waals surface area contributed by atoms with E-state index in [1.165, 1.54) is 12.8 Å². The van der Waals surface area contributed by atoms with Crippen LogP contribution in [0.5, 0.6) is 0 Å². The third-order valence-electron chi connectivity index (χ3n) is 6.05. The predicted octanol–water partition coefficient (Wildman–Crippen LogP) is 2.13. The maximum atomic E-state index is 13.0. The normalized spacial score (nSPS) is 28.7. The number of hydrogen-bond acceptors (Lipinski definition) is 5. The highest BCUT2D eigenvalue weighted by Crippen LogP contribution is 2.30. The third-order valence-corrected chi connectivity index (χ3v) is 7.07. The molecule has 0 unspecified atom stereocenters. The maximum absolute atomic E-state index is 13.0. The second kappa shape index (κ2) is 7.00. The Balaban J connectivity index is 1.31. The number of thiazole rings is 1. The molecular formula is C18H28N4OS. The first-order valence-corrected chi connectivity index (χ1v) is 10.3. The van der Waals surface area contributed by atoms with E-state index in [1.807, 2.05) is 6.92 Å². The lowest BCUT2D eigenvalue weighted by Crippen LogP contribution is -2.43. The van der Waals surface area contributed by atoms with Crippen LogP contribution in [0.3, 0.4) is 0 Å². The Labute approximate surface area is 148 Å². The minimum Gasteiger partial charge on any atom is -0.348 e. The number of carbonyl (C=O) groups is 1. The molecule has 6 heteroatoms. The van der Waals surface area contributed by atoms with Crippen LogP contribution in [0.1, 0.15) is 31.4 Å². The molecule has 0 radical (unpaired) electrons. The van der Waals surface area contributed by atoms with Gasteiger partial charge in [-0.1, -0.05) is 0 Å². The predicted molar refractivity (Wildman–Crippen MR) is 97.5 cm³/mol. The Morgan fingerprint density at radius 3 is 2.38 bits per heavy atom. The van der Waals surface area contributed by atoms with E-state index in [0.29, 0.717) is 5.91 Å². The number of fused-ring (bicyclic) bond motifs is 1. The van der Waals surface area contributed by atoms with Gasteiger partial charge in [-0.15, -0.1) is 11.3 Å². The lowest BCUT2D eigenvalue weighted by atomic mass is 9.92. The molecule has 3 saturated heterocycles. The molecule has 132 valence electrons. The summed E-state index contributed by atoms with van der Waals surface area (Å²) in [5.41, 5.74) is 1.10. The first-order chi connectivity index (χ1) is 11.7. The summed E-state index contributed by atoms with van der Waals surface area (Å²) in [6, 6.07) is 0. The molecule has 1 amide bonds. The van der Waals surface area contributed by atoms with Gasteiger partial charge >= 0.3 is 0 Å². The van der Waals surface area contributed by atoms with E-state index >= 15 is 0 Å². The average molecular weight is 349 g/mol. The summed E-state index contributed by atoms with van der Waals surface area (Å²) in [7, 11) is 0. The molecule has 0 spiro atoms. The molecule has 3 aliphatic heterocycles. The highest BCUT2D eigenvalue weighted by Gasteiger charge is 2.34. The first kappa shape index (κ1) is 16.3. The number of rotatable bonds is 2. The highest BCUT2D eigenvalue weighted by atomic mass is 32.1. The summed E-state index contributed by atoms with van der Waals surface area (Å²) in [6.45, 7) is 8.21. The molecule has 2 atom stereocenters. The van der Waals surface area contributed by atoms with Gasteiger partial charge in [-0.2, -0.15) is 0 Å². The molecule has 24 heavy (non-hydrogen) atoms. The van der Waals surface area contributed by atoms with E-state index in [4.69, 9.17) is 0 Å². The monoisotopic (exact) mass is 348 g/mol. The minimum absolute atomic E-state index is 0.221. The fourth-order valence-corrected chi connectivity index (χ4v) is 5.36. The summed E-state index contributed by atoms with van der Waals surface area (Å²) in [5.74, 6) is 2.21. The molecule has 0 aliphatic carbocycles. The van der Waals surface area contributed by atoms with E-state index < -0.39 is 0 Å². The van der Waals surface area contributed by atoms with Crippen LogP contribution in [0.25, 0.3) is 0 Å². The topological polar surface area (TPSA) is 48.5 Å². The van der Waals surface area contributed by atoms with E-state index in [-0.39, 0.29) is 5.92 Å². The number of likely N-dealkylation sites (tertiary alicyclic amines) is 1.